The van der Waals surface area contributed by atoms with Gasteiger partial charge in [-0.3, -0.25) is 0 Å². The highest BCUT2D eigenvalue weighted by atomic mass is 28.4. The average Bonchev–Trinajstić information content (AvgIpc) is 2.25. The van der Waals surface area contributed by atoms with Crippen molar-refractivity contribution in [3.63, 3.8) is 0 Å². The van der Waals surface area contributed by atoms with Crippen LogP contribution in [0.1, 0.15) is 58.8 Å². The fraction of sp³-hybridized carbons (Fsp3) is 0.867. The molecule has 0 rings (SSSR count). The molecule has 17 heavy (non-hydrogen) atoms. The van der Waals surface area contributed by atoms with E-state index in [4.69, 9.17) is 4.43 Å². The highest BCUT2D eigenvalue weighted by Gasteiger charge is 2.13. The van der Waals surface area contributed by atoms with Crippen molar-refractivity contribution in [1.29, 1.82) is 0 Å². The van der Waals surface area contributed by atoms with Crippen LogP contribution in [0.4, 0.5) is 0 Å². The Morgan fingerprint density at radius 3 is 2.18 bits per heavy atom. The quantitative estimate of drug-likeness (QED) is 0.275. The fourth-order valence-electron chi connectivity index (χ4n) is 1.80. The van der Waals surface area contributed by atoms with Gasteiger partial charge in [0.2, 0.25) is 8.32 Å². The van der Waals surface area contributed by atoms with Crippen molar-refractivity contribution in [3.8, 4) is 0 Å². The number of hydrogen-bond acceptors (Lipinski definition) is 1. The van der Waals surface area contributed by atoms with E-state index in [1.165, 1.54) is 44.9 Å². The molecule has 0 unspecified atom stereocenters. The summed E-state index contributed by atoms with van der Waals surface area (Å²) in [6.45, 7) is 11.2. The Labute approximate surface area is 110 Å². The van der Waals surface area contributed by atoms with Gasteiger partial charge in [0, 0.05) is 0 Å². The molecule has 0 fully saturated rings. The molecule has 0 saturated carbocycles. The molecule has 0 radical (unpaired) electrons. The van der Waals surface area contributed by atoms with Gasteiger partial charge in [0.15, 0.2) is 0 Å². The predicted octanol–water partition coefficient (Wildman–Crippen LogP) is 5.74. The predicted molar refractivity (Wildman–Crippen MR) is 80.7 cm³/mol. The minimum absolute atomic E-state index is 0.716. The van der Waals surface area contributed by atoms with Gasteiger partial charge in [-0.05, 0) is 44.5 Å². The Balaban J connectivity index is 3.69. The summed E-state index contributed by atoms with van der Waals surface area (Å²) < 4.78 is 5.76. The van der Waals surface area contributed by atoms with Gasteiger partial charge < -0.3 is 4.43 Å². The Morgan fingerprint density at radius 2 is 1.65 bits per heavy atom. The molecule has 0 aliphatic carbocycles. The van der Waals surface area contributed by atoms with Gasteiger partial charge in [-0.25, -0.2) is 0 Å². The molecule has 2 heteroatoms. The van der Waals surface area contributed by atoms with Gasteiger partial charge in [-0.1, -0.05) is 46.0 Å². The molecule has 0 aromatic rings. The van der Waals surface area contributed by atoms with Gasteiger partial charge in [-0.15, -0.1) is 0 Å². The summed E-state index contributed by atoms with van der Waals surface area (Å²) >= 11 is 0. The molecular weight excluding hydrogens is 224 g/mol. The lowest BCUT2D eigenvalue weighted by molar-refractivity contribution is 0.456. The third-order valence-electron chi connectivity index (χ3n) is 2.98. The van der Waals surface area contributed by atoms with E-state index in [1.54, 1.807) is 0 Å². The Kier molecular flexibility index (Phi) is 9.61. The van der Waals surface area contributed by atoms with Crippen molar-refractivity contribution < 1.29 is 4.43 Å². The van der Waals surface area contributed by atoms with E-state index in [-0.39, 0.29) is 0 Å². The molecule has 0 bridgehead atoms. The van der Waals surface area contributed by atoms with E-state index in [1.807, 2.05) is 6.26 Å². The van der Waals surface area contributed by atoms with Gasteiger partial charge in [0.1, 0.15) is 0 Å². The van der Waals surface area contributed by atoms with E-state index in [9.17, 15) is 0 Å². The van der Waals surface area contributed by atoms with Crippen LogP contribution in [0.25, 0.3) is 0 Å². The summed E-state index contributed by atoms with van der Waals surface area (Å²) in [6.07, 6.45) is 13.7. The van der Waals surface area contributed by atoms with Crippen LogP contribution < -0.4 is 0 Å². The van der Waals surface area contributed by atoms with Crippen molar-refractivity contribution in [3.05, 3.63) is 12.3 Å². The smallest absolute Gasteiger partial charge is 0.241 e. The molecule has 0 aromatic carbocycles. The van der Waals surface area contributed by atoms with Crippen LogP contribution >= 0.6 is 0 Å². The second-order valence-electron chi connectivity index (χ2n) is 5.93. The minimum Gasteiger partial charge on any atom is -0.550 e. The van der Waals surface area contributed by atoms with E-state index in [2.05, 4.69) is 39.6 Å². The SMILES string of the molecule is CCCCCCC[C@H](/C=C/O[Si](C)(C)C)CC. The fourth-order valence-corrected chi connectivity index (χ4v) is 2.29. The molecule has 102 valence electrons. The topological polar surface area (TPSA) is 9.23 Å². The standard InChI is InChI=1S/C15H32OSi/c1-6-8-9-10-11-12-15(7-2)13-14-16-17(3,4)5/h13-15H,6-12H2,1-5H3/b14-13+/t15-/m1/s1. The maximum Gasteiger partial charge on any atom is 0.241 e. The lowest BCUT2D eigenvalue weighted by atomic mass is 9.98. The van der Waals surface area contributed by atoms with Crippen LogP contribution in [0.15, 0.2) is 12.3 Å². The van der Waals surface area contributed by atoms with Crippen molar-refractivity contribution in [2.24, 2.45) is 5.92 Å². The maximum atomic E-state index is 5.76. The van der Waals surface area contributed by atoms with Gasteiger partial charge in [0.05, 0.1) is 6.26 Å². The summed E-state index contributed by atoms with van der Waals surface area (Å²) in [5.74, 6) is 0.716. The monoisotopic (exact) mass is 256 g/mol. The molecule has 0 N–H and O–H groups in total. The molecule has 0 saturated heterocycles. The minimum atomic E-state index is -1.37. The first-order chi connectivity index (χ1) is 7.99. The highest BCUT2D eigenvalue weighted by molar-refractivity contribution is 6.69. The van der Waals surface area contributed by atoms with Crippen molar-refractivity contribution in [1.82, 2.24) is 0 Å². The van der Waals surface area contributed by atoms with Crippen molar-refractivity contribution >= 4 is 8.32 Å². The van der Waals surface area contributed by atoms with Gasteiger partial charge >= 0.3 is 0 Å². The molecule has 0 heterocycles. The Bertz CT molecular complexity index is 194. The van der Waals surface area contributed by atoms with E-state index < -0.39 is 8.32 Å². The molecule has 0 amide bonds. The lowest BCUT2D eigenvalue weighted by Gasteiger charge is -2.16. The van der Waals surface area contributed by atoms with Crippen LogP contribution in [0, 0.1) is 5.92 Å². The van der Waals surface area contributed by atoms with Gasteiger partial charge in [0.25, 0.3) is 0 Å². The summed E-state index contributed by atoms with van der Waals surface area (Å²) in [5, 5.41) is 0. The zero-order valence-corrected chi connectivity index (χ0v) is 13.6. The normalized spacial score (nSPS) is 14.2. The number of allylic oxidation sites excluding steroid dienone is 1. The summed E-state index contributed by atoms with van der Waals surface area (Å²) in [4.78, 5) is 0. The zero-order valence-electron chi connectivity index (χ0n) is 12.6. The second kappa shape index (κ2) is 9.75. The third-order valence-corrected chi connectivity index (χ3v) is 3.82. The maximum absolute atomic E-state index is 5.76. The Hall–Kier alpha value is -0.243. The average molecular weight is 257 g/mol. The number of unbranched alkanes of at least 4 members (excludes halogenated alkanes) is 4. The van der Waals surface area contributed by atoms with Crippen LogP contribution in [-0.2, 0) is 4.43 Å². The summed E-state index contributed by atoms with van der Waals surface area (Å²) in [7, 11) is -1.37. The van der Waals surface area contributed by atoms with E-state index in [0.717, 1.165) is 0 Å². The largest absolute Gasteiger partial charge is 0.550 e. The first-order valence-electron chi connectivity index (χ1n) is 7.34. The molecule has 0 aliphatic rings. The molecule has 1 nitrogen and oxygen atoms in total. The van der Waals surface area contributed by atoms with Crippen molar-refractivity contribution in [2.75, 3.05) is 0 Å². The van der Waals surface area contributed by atoms with Crippen molar-refractivity contribution in [2.45, 2.75) is 78.4 Å². The van der Waals surface area contributed by atoms with Crippen LogP contribution in [0.2, 0.25) is 19.6 Å². The first-order valence-corrected chi connectivity index (χ1v) is 10.7. The number of rotatable bonds is 10. The molecule has 0 aromatic heterocycles. The molecule has 0 spiro atoms. The first kappa shape index (κ1) is 16.8. The third kappa shape index (κ3) is 12.0. The van der Waals surface area contributed by atoms with E-state index >= 15 is 0 Å². The van der Waals surface area contributed by atoms with E-state index in [0.29, 0.717) is 5.92 Å². The molecule has 0 aliphatic heterocycles. The highest BCUT2D eigenvalue weighted by Crippen LogP contribution is 2.16. The second-order valence-corrected chi connectivity index (χ2v) is 10.4. The Morgan fingerprint density at radius 1 is 1.00 bits per heavy atom. The lowest BCUT2D eigenvalue weighted by Crippen LogP contribution is -2.22. The zero-order chi connectivity index (χ0) is 13.1. The van der Waals surface area contributed by atoms with Crippen LogP contribution in [0.5, 0.6) is 0 Å². The van der Waals surface area contributed by atoms with Crippen LogP contribution in [0.3, 0.4) is 0 Å². The summed E-state index contributed by atoms with van der Waals surface area (Å²) in [5.41, 5.74) is 0. The van der Waals surface area contributed by atoms with Gasteiger partial charge in [-0.2, -0.15) is 0 Å². The molecule has 1 atom stereocenters. The number of hydrogen-bond donors (Lipinski definition) is 0. The summed E-state index contributed by atoms with van der Waals surface area (Å²) in [6, 6.07) is 0. The molecular formula is C15H32OSi. The van der Waals surface area contributed by atoms with Crippen LogP contribution in [-0.4, -0.2) is 8.32 Å².